The number of amides is 1. The molecule has 24 heavy (non-hydrogen) atoms. The Morgan fingerprint density at radius 3 is 2.71 bits per heavy atom. The molecule has 1 aromatic carbocycles. The van der Waals surface area contributed by atoms with Crippen molar-refractivity contribution in [3.8, 4) is 0 Å². The molecule has 0 unspecified atom stereocenters. The van der Waals surface area contributed by atoms with Gasteiger partial charge in [-0.15, -0.1) is 0 Å². The monoisotopic (exact) mass is 327 g/mol. The van der Waals surface area contributed by atoms with E-state index < -0.39 is 0 Å². The van der Waals surface area contributed by atoms with Crippen LogP contribution >= 0.6 is 0 Å². The van der Waals surface area contributed by atoms with E-state index in [0.717, 1.165) is 24.2 Å². The van der Waals surface area contributed by atoms with E-state index in [-0.39, 0.29) is 23.5 Å². The fourth-order valence-corrected chi connectivity index (χ4v) is 3.38. The first-order valence-corrected chi connectivity index (χ1v) is 8.55. The van der Waals surface area contributed by atoms with Crippen molar-refractivity contribution in [1.29, 1.82) is 0 Å². The molecule has 1 N–H and O–H groups in total. The average Bonchev–Trinajstić information content (AvgIpc) is 3.06. The van der Waals surface area contributed by atoms with Gasteiger partial charge >= 0.3 is 0 Å². The first-order chi connectivity index (χ1) is 11.5. The molecule has 1 aliphatic heterocycles. The minimum Gasteiger partial charge on any atom is -0.469 e. The third kappa shape index (κ3) is 4.26. The SMILES string of the molecule is CC1(C)C[C@H](NC(=O)C[C@@H](c2ccccc2)c2ccco2)CCO1. The summed E-state index contributed by atoms with van der Waals surface area (Å²) in [6, 6.07) is 14.0. The van der Waals surface area contributed by atoms with Crippen molar-refractivity contribution in [3.63, 3.8) is 0 Å². The van der Waals surface area contributed by atoms with Gasteiger partial charge in [0.2, 0.25) is 5.91 Å². The van der Waals surface area contributed by atoms with Crippen molar-refractivity contribution in [2.45, 2.75) is 50.7 Å². The van der Waals surface area contributed by atoms with Crippen LogP contribution in [0.15, 0.2) is 53.1 Å². The third-order valence-electron chi connectivity index (χ3n) is 4.54. The summed E-state index contributed by atoms with van der Waals surface area (Å²) in [5.74, 6) is 0.820. The average molecular weight is 327 g/mol. The molecule has 2 aromatic rings. The van der Waals surface area contributed by atoms with Crippen LogP contribution < -0.4 is 5.32 Å². The molecule has 1 fully saturated rings. The fraction of sp³-hybridized carbons (Fsp3) is 0.450. The van der Waals surface area contributed by atoms with Gasteiger partial charge < -0.3 is 14.5 Å². The minimum absolute atomic E-state index is 0.0583. The number of carbonyl (C=O) groups excluding carboxylic acids is 1. The van der Waals surface area contributed by atoms with E-state index in [1.54, 1.807) is 6.26 Å². The van der Waals surface area contributed by atoms with E-state index in [2.05, 4.69) is 19.2 Å². The number of nitrogens with one attached hydrogen (secondary N) is 1. The highest BCUT2D eigenvalue weighted by Gasteiger charge is 2.30. The normalized spacial score (nSPS) is 21.2. The standard InChI is InChI=1S/C20H25NO3/c1-20(2)14-16(10-12-24-20)21-19(22)13-17(18-9-6-11-23-18)15-7-4-3-5-8-15/h3-9,11,16-17H,10,12-14H2,1-2H3,(H,21,22)/t16-,17+/m1/s1. The molecule has 0 spiro atoms. The summed E-state index contributed by atoms with van der Waals surface area (Å²) in [5, 5.41) is 3.18. The summed E-state index contributed by atoms with van der Waals surface area (Å²) in [4.78, 5) is 12.6. The van der Waals surface area contributed by atoms with Gasteiger partial charge in [-0.2, -0.15) is 0 Å². The summed E-state index contributed by atoms with van der Waals surface area (Å²) < 4.78 is 11.3. The van der Waals surface area contributed by atoms with E-state index in [4.69, 9.17) is 9.15 Å². The van der Waals surface area contributed by atoms with Gasteiger partial charge in [-0.05, 0) is 44.4 Å². The summed E-state index contributed by atoms with van der Waals surface area (Å²) in [5.41, 5.74) is 0.922. The van der Waals surface area contributed by atoms with Crippen LogP contribution in [0.5, 0.6) is 0 Å². The quantitative estimate of drug-likeness (QED) is 0.907. The fourth-order valence-electron chi connectivity index (χ4n) is 3.38. The largest absolute Gasteiger partial charge is 0.469 e. The minimum atomic E-state index is -0.171. The zero-order chi connectivity index (χ0) is 17.0. The number of benzene rings is 1. The van der Waals surface area contributed by atoms with Crippen LogP contribution in [0.25, 0.3) is 0 Å². The topological polar surface area (TPSA) is 51.5 Å². The highest BCUT2D eigenvalue weighted by Crippen LogP contribution is 2.29. The Labute approximate surface area is 143 Å². The molecule has 1 amide bonds. The Bertz CT molecular complexity index is 649. The number of hydrogen-bond donors (Lipinski definition) is 1. The van der Waals surface area contributed by atoms with Crippen molar-refractivity contribution in [2.75, 3.05) is 6.61 Å². The summed E-state index contributed by atoms with van der Waals surface area (Å²) in [7, 11) is 0. The van der Waals surface area contributed by atoms with E-state index in [1.807, 2.05) is 42.5 Å². The van der Waals surface area contributed by atoms with Gasteiger partial charge in [-0.3, -0.25) is 4.79 Å². The molecule has 1 aromatic heterocycles. The van der Waals surface area contributed by atoms with Crippen LogP contribution in [0.2, 0.25) is 0 Å². The third-order valence-corrected chi connectivity index (χ3v) is 4.54. The predicted molar refractivity (Wildman–Crippen MR) is 92.8 cm³/mol. The maximum atomic E-state index is 12.6. The lowest BCUT2D eigenvalue weighted by Gasteiger charge is -2.36. The van der Waals surface area contributed by atoms with Gasteiger partial charge in [-0.25, -0.2) is 0 Å². The van der Waals surface area contributed by atoms with Crippen molar-refractivity contribution in [1.82, 2.24) is 5.32 Å². The molecule has 2 atom stereocenters. The molecule has 4 heteroatoms. The van der Waals surface area contributed by atoms with E-state index in [9.17, 15) is 4.79 Å². The molecule has 1 aliphatic rings. The Hall–Kier alpha value is -2.07. The first-order valence-electron chi connectivity index (χ1n) is 8.55. The van der Waals surface area contributed by atoms with Crippen LogP contribution in [0.4, 0.5) is 0 Å². The molecule has 4 nitrogen and oxygen atoms in total. The van der Waals surface area contributed by atoms with Crippen LogP contribution in [0.3, 0.4) is 0 Å². The molecule has 128 valence electrons. The molecule has 0 bridgehead atoms. The van der Waals surface area contributed by atoms with E-state index in [1.165, 1.54) is 0 Å². The lowest BCUT2D eigenvalue weighted by Crippen LogP contribution is -2.46. The Morgan fingerprint density at radius 2 is 2.04 bits per heavy atom. The van der Waals surface area contributed by atoms with Gasteiger partial charge in [-0.1, -0.05) is 30.3 Å². The Kier molecular flexibility index (Phi) is 5.05. The first kappa shape index (κ1) is 16.8. The zero-order valence-electron chi connectivity index (χ0n) is 14.3. The van der Waals surface area contributed by atoms with Gasteiger partial charge in [0.15, 0.2) is 0 Å². The van der Waals surface area contributed by atoms with Gasteiger partial charge in [0.25, 0.3) is 0 Å². The highest BCUT2D eigenvalue weighted by atomic mass is 16.5. The number of furan rings is 1. The smallest absolute Gasteiger partial charge is 0.221 e. The van der Waals surface area contributed by atoms with Gasteiger partial charge in [0.05, 0.1) is 17.8 Å². The Morgan fingerprint density at radius 1 is 1.25 bits per heavy atom. The molecule has 3 rings (SSSR count). The lowest BCUT2D eigenvalue weighted by atomic mass is 9.91. The van der Waals surface area contributed by atoms with Crippen LogP contribution in [0, 0.1) is 0 Å². The maximum absolute atomic E-state index is 12.6. The number of carbonyl (C=O) groups is 1. The van der Waals surface area contributed by atoms with Crippen molar-refractivity contribution >= 4 is 5.91 Å². The molecule has 1 saturated heterocycles. The molecular weight excluding hydrogens is 302 g/mol. The summed E-state index contributed by atoms with van der Waals surface area (Å²) >= 11 is 0. The van der Waals surface area contributed by atoms with Crippen LogP contribution in [-0.2, 0) is 9.53 Å². The molecule has 0 radical (unpaired) electrons. The van der Waals surface area contributed by atoms with Crippen LogP contribution in [-0.4, -0.2) is 24.2 Å². The number of rotatable bonds is 5. The van der Waals surface area contributed by atoms with Gasteiger partial charge in [0.1, 0.15) is 5.76 Å². The summed E-state index contributed by atoms with van der Waals surface area (Å²) in [6.45, 7) is 4.83. The second kappa shape index (κ2) is 7.22. The number of hydrogen-bond acceptors (Lipinski definition) is 3. The highest BCUT2D eigenvalue weighted by molar-refractivity contribution is 5.77. The number of ether oxygens (including phenoxy) is 1. The second-order valence-electron chi connectivity index (χ2n) is 7.05. The van der Waals surface area contributed by atoms with Gasteiger partial charge in [0, 0.05) is 19.1 Å². The summed E-state index contributed by atoms with van der Waals surface area (Å²) in [6.07, 6.45) is 3.75. The van der Waals surface area contributed by atoms with Crippen LogP contribution in [0.1, 0.15) is 50.4 Å². The molecule has 0 aliphatic carbocycles. The molecule has 0 saturated carbocycles. The molecular formula is C20H25NO3. The predicted octanol–water partition coefficient (Wildman–Crippen LogP) is 3.88. The van der Waals surface area contributed by atoms with E-state index >= 15 is 0 Å². The van der Waals surface area contributed by atoms with Crippen molar-refractivity contribution in [3.05, 3.63) is 60.1 Å². The maximum Gasteiger partial charge on any atom is 0.221 e. The molecule has 2 heterocycles. The second-order valence-corrected chi connectivity index (χ2v) is 7.05. The van der Waals surface area contributed by atoms with Crippen molar-refractivity contribution in [2.24, 2.45) is 0 Å². The van der Waals surface area contributed by atoms with Crippen molar-refractivity contribution < 1.29 is 13.9 Å². The lowest BCUT2D eigenvalue weighted by molar-refractivity contribution is -0.124. The van der Waals surface area contributed by atoms with E-state index in [0.29, 0.717) is 13.0 Å². The zero-order valence-corrected chi connectivity index (χ0v) is 14.3. The Balaban J connectivity index is 1.68.